The highest BCUT2D eigenvalue weighted by Crippen LogP contribution is 2.39. The van der Waals surface area contributed by atoms with Crippen molar-refractivity contribution in [3.05, 3.63) is 90.4 Å². The van der Waals surface area contributed by atoms with Gasteiger partial charge in [0.2, 0.25) is 0 Å². The van der Waals surface area contributed by atoms with Crippen molar-refractivity contribution in [3.63, 3.8) is 0 Å². The zero-order valence-corrected chi connectivity index (χ0v) is 20.6. The van der Waals surface area contributed by atoms with Crippen LogP contribution in [0.3, 0.4) is 0 Å². The maximum atomic E-state index is 15.0. The van der Waals surface area contributed by atoms with Crippen LogP contribution in [0.15, 0.2) is 73.2 Å². The summed E-state index contributed by atoms with van der Waals surface area (Å²) in [5, 5.41) is 11.9. The lowest BCUT2D eigenvalue weighted by Crippen LogP contribution is -2.44. The number of pyridine rings is 3. The highest BCUT2D eigenvalue weighted by atomic mass is 19.1. The fourth-order valence-electron chi connectivity index (χ4n) is 4.73. The van der Waals surface area contributed by atoms with Crippen molar-refractivity contribution in [2.45, 2.75) is 31.7 Å². The van der Waals surface area contributed by atoms with Gasteiger partial charge in [0.05, 0.1) is 29.6 Å². The predicted molar refractivity (Wildman–Crippen MR) is 138 cm³/mol. The standard InChI is InChI=1S/C28H24FN7O2/c1-2-38-19-9-10-23(32-16-19)27-35-34-26(36(27)24-8-4-3-6-21(24)29)17-14-18(15-17)33-28(37)20-11-13-30-22-7-5-12-31-25(20)22/h3-13,16-18H,2,14-15H2,1H3,(H,33,37)/t17-,18-. The van der Waals surface area contributed by atoms with E-state index < -0.39 is 0 Å². The summed E-state index contributed by atoms with van der Waals surface area (Å²) in [6, 6.07) is 15.3. The second-order valence-corrected chi connectivity index (χ2v) is 9.05. The van der Waals surface area contributed by atoms with Crippen LogP contribution in [0, 0.1) is 5.82 Å². The van der Waals surface area contributed by atoms with Crippen molar-refractivity contribution in [2.75, 3.05) is 6.61 Å². The van der Waals surface area contributed by atoms with E-state index in [-0.39, 0.29) is 23.7 Å². The Labute approximate surface area is 217 Å². The maximum absolute atomic E-state index is 15.0. The number of hydrogen-bond acceptors (Lipinski definition) is 7. The third-order valence-electron chi connectivity index (χ3n) is 6.64. The van der Waals surface area contributed by atoms with Crippen LogP contribution in [0.25, 0.3) is 28.2 Å². The number of fused-ring (bicyclic) bond motifs is 1. The smallest absolute Gasteiger partial charge is 0.253 e. The van der Waals surface area contributed by atoms with Crippen LogP contribution in [0.2, 0.25) is 0 Å². The Morgan fingerprint density at radius 2 is 1.89 bits per heavy atom. The molecule has 1 amide bonds. The molecule has 9 nitrogen and oxygen atoms in total. The van der Waals surface area contributed by atoms with E-state index in [4.69, 9.17) is 4.74 Å². The van der Waals surface area contributed by atoms with Gasteiger partial charge in [-0.05, 0) is 62.2 Å². The first-order valence-corrected chi connectivity index (χ1v) is 12.4. The van der Waals surface area contributed by atoms with Gasteiger partial charge in [-0.15, -0.1) is 10.2 Å². The molecule has 190 valence electrons. The fraction of sp³-hybridized carbons (Fsp3) is 0.214. The fourth-order valence-corrected chi connectivity index (χ4v) is 4.73. The van der Waals surface area contributed by atoms with Gasteiger partial charge in [0.1, 0.15) is 28.6 Å². The molecule has 0 atom stereocenters. The average Bonchev–Trinajstić information content (AvgIpc) is 3.35. The van der Waals surface area contributed by atoms with Crippen molar-refractivity contribution >= 4 is 16.9 Å². The van der Waals surface area contributed by atoms with Crippen molar-refractivity contribution in [2.24, 2.45) is 0 Å². The molecule has 0 saturated heterocycles. The summed E-state index contributed by atoms with van der Waals surface area (Å²) in [6.07, 6.45) is 6.16. The van der Waals surface area contributed by atoms with E-state index in [1.54, 1.807) is 65.6 Å². The SMILES string of the molecule is CCOc1ccc(-c2nnc([C@H]3C[C@H](NC(=O)c4ccnc5cccnc45)C3)n2-c2ccccc2F)nc1. The molecular formula is C28H24FN7O2. The molecule has 0 bridgehead atoms. The van der Waals surface area contributed by atoms with Crippen molar-refractivity contribution in [1.82, 2.24) is 35.0 Å². The lowest BCUT2D eigenvalue weighted by molar-refractivity contribution is 0.0908. The molecule has 5 aromatic rings. The Balaban J connectivity index is 1.25. The average molecular weight is 510 g/mol. The lowest BCUT2D eigenvalue weighted by Gasteiger charge is -2.35. The number of halogens is 1. The molecule has 0 radical (unpaired) electrons. The Bertz CT molecular complexity index is 1610. The molecule has 6 rings (SSSR count). The number of rotatable bonds is 7. The van der Waals surface area contributed by atoms with E-state index >= 15 is 0 Å². The summed E-state index contributed by atoms with van der Waals surface area (Å²) in [5.74, 6) is 1.10. The van der Waals surface area contributed by atoms with Crippen molar-refractivity contribution in [3.8, 4) is 23.0 Å². The zero-order valence-electron chi connectivity index (χ0n) is 20.6. The first-order chi connectivity index (χ1) is 18.6. The van der Waals surface area contributed by atoms with Gasteiger partial charge in [-0.3, -0.25) is 19.3 Å². The topological polar surface area (TPSA) is 108 Å². The molecule has 0 unspecified atom stereocenters. The monoisotopic (exact) mass is 509 g/mol. The van der Waals surface area contributed by atoms with Crippen molar-refractivity contribution < 1.29 is 13.9 Å². The van der Waals surface area contributed by atoms with E-state index in [9.17, 15) is 9.18 Å². The van der Waals surface area contributed by atoms with Gasteiger partial charge in [0.25, 0.3) is 5.91 Å². The van der Waals surface area contributed by atoms with Gasteiger partial charge in [0.15, 0.2) is 5.82 Å². The summed E-state index contributed by atoms with van der Waals surface area (Å²) in [6.45, 7) is 2.43. The summed E-state index contributed by atoms with van der Waals surface area (Å²) in [5.41, 5.74) is 2.62. The van der Waals surface area contributed by atoms with Crippen LogP contribution in [-0.4, -0.2) is 48.3 Å². The van der Waals surface area contributed by atoms with Crippen LogP contribution in [0.4, 0.5) is 4.39 Å². The third kappa shape index (κ3) is 4.34. The molecule has 1 aromatic carbocycles. The molecule has 1 aliphatic rings. The van der Waals surface area contributed by atoms with Crippen LogP contribution in [-0.2, 0) is 0 Å². The van der Waals surface area contributed by atoms with E-state index in [0.717, 1.165) is 0 Å². The van der Waals surface area contributed by atoms with Gasteiger partial charge in [-0.2, -0.15) is 0 Å². The summed E-state index contributed by atoms with van der Waals surface area (Å²) < 4.78 is 22.2. The summed E-state index contributed by atoms with van der Waals surface area (Å²) in [7, 11) is 0. The number of amides is 1. The first kappa shape index (κ1) is 23.7. The van der Waals surface area contributed by atoms with E-state index in [0.29, 0.717) is 64.8 Å². The second-order valence-electron chi connectivity index (χ2n) is 9.05. The molecule has 4 heterocycles. The Kier molecular flexibility index (Phi) is 6.20. The molecule has 1 N–H and O–H groups in total. The molecule has 10 heteroatoms. The van der Waals surface area contributed by atoms with Crippen LogP contribution in [0.5, 0.6) is 5.75 Å². The minimum atomic E-state index is -0.387. The largest absolute Gasteiger partial charge is 0.492 e. The number of nitrogens with one attached hydrogen (secondary N) is 1. The molecule has 0 aliphatic heterocycles. The number of carbonyl (C=O) groups excluding carboxylic acids is 1. The number of para-hydroxylation sites is 1. The minimum absolute atomic E-state index is 0.0174. The number of carbonyl (C=O) groups is 1. The number of aromatic nitrogens is 6. The molecule has 0 spiro atoms. The molecule has 1 aliphatic carbocycles. The van der Waals surface area contributed by atoms with Gasteiger partial charge < -0.3 is 10.1 Å². The molecular weight excluding hydrogens is 485 g/mol. The Hall–Kier alpha value is -4.73. The van der Waals surface area contributed by atoms with Crippen LogP contribution < -0.4 is 10.1 Å². The molecule has 38 heavy (non-hydrogen) atoms. The third-order valence-corrected chi connectivity index (χ3v) is 6.64. The summed E-state index contributed by atoms with van der Waals surface area (Å²) >= 11 is 0. The second kappa shape index (κ2) is 9.97. The van der Waals surface area contributed by atoms with E-state index in [1.165, 1.54) is 6.07 Å². The molecule has 4 aromatic heterocycles. The van der Waals surface area contributed by atoms with Gasteiger partial charge >= 0.3 is 0 Å². The highest BCUT2D eigenvalue weighted by molar-refractivity contribution is 6.04. The quantitative estimate of drug-likeness (QED) is 0.345. The minimum Gasteiger partial charge on any atom is -0.492 e. The lowest BCUT2D eigenvalue weighted by atomic mass is 9.79. The molecule has 1 fully saturated rings. The normalized spacial score (nSPS) is 16.7. The Morgan fingerprint density at radius 3 is 2.68 bits per heavy atom. The Morgan fingerprint density at radius 1 is 1.03 bits per heavy atom. The van der Waals surface area contributed by atoms with Crippen LogP contribution in [0.1, 0.15) is 41.9 Å². The van der Waals surface area contributed by atoms with E-state index in [2.05, 4.69) is 30.5 Å². The predicted octanol–water partition coefficient (Wildman–Crippen LogP) is 4.49. The first-order valence-electron chi connectivity index (χ1n) is 12.4. The van der Waals surface area contributed by atoms with Gasteiger partial charge in [-0.1, -0.05) is 12.1 Å². The number of benzene rings is 1. The van der Waals surface area contributed by atoms with Crippen LogP contribution >= 0.6 is 0 Å². The number of hydrogen-bond donors (Lipinski definition) is 1. The highest BCUT2D eigenvalue weighted by Gasteiger charge is 2.36. The number of ether oxygens (including phenoxy) is 1. The molecule has 1 saturated carbocycles. The van der Waals surface area contributed by atoms with Gasteiger partial charge in [-0.25, -0.2) is 9.37 Å². The summed E-state index contributed by atoms with van der Waals surface area (Å²) in [4.78, 5) is 26.1. The zero-order chi connectivity index (χ0) is 26.1. The van der Waals surface area contributed by atoms with Gasteiger partial charge in [0, 0.05) is 24.4 Å². The van der Waals surface area contributed by atoms with E-state index in [1.807, 2.05) is 13.0 Å². The maximum Gasteiger partial charge on any atom is 0.253 e. The number of nitrogens with zero attached hydrogens (tertiary/aromatic N) is 6. The van der Waals surface area contributed by atoms with Crippen molar-refractivity contribution in [1.29, 1.82) is 0 Å².